The minimum atomic E-state index is -3.50. The lowest BCUT2D eigenvalue weighted by atomic mass is 9.76. The topological polar surface area (TPSA) is 76.4 Å². The molecule has 0 saturated carbocycles. The van der Waals surface area contributed by atoms with E-state index in [1.54, 1.807) is 7.11 Å². The molecule has 1 atom stereocenters. The first kappa shape index (κ1) is 16.6. The van der Waals surface area contributed by atoms with Gasteiger partial charge in [0.05, 0.1) is 24.3 Å². The second-order valence-corrected chi connectivity index (χ2v) is 6.22. The summed E-state index contributed by atoms with van der Waals surface area (Å²) in [5.41, 5.74) is 0.0405. The molecule has 0 aliphatic carbocycles. The molecule has 1 aromatic rings. The number of hydrogen-bond acceptors (Lipinski definition) is 5. The van der Waals surface area contributed by atoms with E-state index >= 15 is 0 Å². The van der Waals surface area contributed by atoms with Gasteiger partial charge in [0.25, 0.3) is 10.1 Å². The van der Waals surface area contributed by atoms with Crippen molar-refractivity contribution in [1.29, 1.82) is 5.26 Å². The first-order valence-corrected chi connectivity index (χ1v) is 8.05. The third-order valence-electron chi connectivity index (χ3n) is 3.10. The average Bonchev–Trinajstić information content (AvgIpc) is 2.42. The molecule has 0 amide bonds. The van der Waals surface area contributed by atoms with Gasteiger partial charge >= 0.3 is 0 Å². The van der Waals surface area contributed by atoms with Crippen molar-refractivity contribution in [3.8, 4) is 6.07 Å². The lowest BCUT2D eigenvalue weighted by molar-refractivity contribution is 0.169. The highest BCUT2D eigenvalue weighted by atomic mass is 32.2. The summed E-state index contributed by atoms with van der Waals surface area (Å²) in [6.07, 6.45) is 1.78. The molecule has 0 radical (unpaired) electrons. The highest BCUT2D eigenvalue weighted by molar-refractivity contribution is 7.85. The summed E-state index contributed by atoms with van der Waals surface area (Å²) in [6, 6.07) is 11.6. The average molecular weight is 297 g/mol. The Kier molecular flexibility index (Phi) is 6.14. The Morgan fingerprint density at radius 2 is 1.80 bits per heavy atom. The molecule has 1 aromatic carbocycles. The largest absolute Gasteiger partial charge is 0.385 e. The number of nitriles is 1. The molecule has 0 spiro atoms. The van der Waals surface area contributed by atoms with Crippen LogP contribution >= 0.6 is 0 Å². The molecule has 0 fully saturated rings. The van der Waals surface area contributed by atoms with Crippen molar-refractivity contribution >= 4 is 10.1 Å². The predicted molar refractivity (Wildman–Crippen MR) is 75.6 cm³/mol. The fourth-order valence-corrected chi connectivity index (χ4v) is 2.38. The van der Waals surface area contributed by atoms with Gasteiger partial charge in [-0.05, 0) is 18.4 Å². The van der Waals surface area contributed by atoms with Crippen molar-refractivity contribution in [2.75, 3.05) is 26.6 Å². The van der Waals surface area contributed by atoms with Crippen LogP contribution in [0.15, 0.2) is 30.3 Å². The number of nitrogens with zero attached hydrogens (tertiary/aromatic N) is 1. The van der Waals surface area contributed by atoms with Gasteiger partial charge in [-0.2, -0.15) is 13.7 Å². The van der Waals surface area contributed by atoms with E-state index in [4.69, 9.17) is 8.92 Å². The Hall–Kier alpha value is -1.42. The van der Waals surface area contributed by atoms with E-state index in [1.807, 2.05) is 30.3 Å². The third kappa shape index (κ3) is 4.93. The minimum absolute atomic E-state index is 0.0228. The third-order valence-corrected chi connectivity index (χ3v) is 3.69. The van der Waals surface area contributed by atoms with Crippen LogP contribution in [0, 0.1) is 11.3 Å². The van der Waals surface area contributed by atoms with Crippen LogP contribution in [-0.4, -0.2) is 35.0 Å². The van der Waals surface area contributed by atoms with Crippen molar-refractivity contribution in [1.82, 2.24) is 0 Å². The maximum atomic E-state index is 11.0. The number of rotatable bonds is 8. The van der Waals surface area contributed by atoms with Crippen LogP contribution in [0.5, 0.6) is 0 Å². The van der Waals surface area contributed by atoms with E-state index in [9.17, 15) is 13.7 Å². The molecule has 5 nitrogen and oxygen atoms in total. The molecule has 0 saturated heterocycles. The van der Waals surface area contributed by atoms with Gasteiger partial charge in [-0.15, -0.1) is 0 Å². The molecule has 6 heteroatoms. The molecule has 0 aromatic heterocycles. The quantitative estimate of drug-likeness (QED) is 0.684. The smallest absolute Gasteiger partial charge is 0.264 e. The maximum absolute atomic E-state index is 11.0. The van der Waals surface area contributed by atoms with E-state index in [0.29, 0.717) is 19.4 Å². The molecule has 20 heavy (non-hydrogen) atoms. The van der Waals surface area contributed by atoms with Gasteiger partial charge in [0.2, 0.25) is 0 Å². The van der Waals surface area contributed by atoms with Gasteiger partial charge in [-0.3, -0.25) is 4.18 Å². The molecule has 1 rings (SSSR count). The predicted octanol–water partition coefficient (Wildman–Crippen LogP) is 1.85. The van der Waals surface area contributed by atoms with E-state index in [0.717, 1.165) is 11.8 Å². The first-order valence-electron chi connectivity index (χ1n) is 6.24. The zero-order chi connectivity index (χ0) is 15.1. The number of methoxy groups -OCH3 is 1. The molecular weight excluding hydrogens is 278 g/mol. The standard InChI is InChI=1S/C14H19NO4S/c1-18-10-8-14(12-15,9-11-19-20(2,16)17)13-6-4-3-5-7-13/h3-7H,8-11H2,1-2H3. The van der Waals surface area contributed by atoms with Crippen LogP contribution in [-0.2, 0) is 24.5 Å². The van der Waals surface area contributed by atoms with E-state index < -0.39 is 15.5 Å². The van der Waals surface area contributed by atoms with Gasteiger partial charge in [0.15, 0.2) is 0 Å². The van der Waals surface area contributed by atoms with Crippen molar-refractivity contribution < 1.29 is 17.3 Å². The molecule has 1 unspecified atom stereocenters. The van der Waals surface area contributed by atoms with E-state index in [1.165, 1.54) is 0 Å². The van der Waals surface area contributed by atoms with Gasteiger partial charge in [0, 0.05) is 13.7 Å². The number of hydrogen-bond donors (Lipinski definition) is 0. The molecule has 0 aliphatic heterocycles. The monoisotopic (exact) mass is 297 g/mol. The Morgan fingerprint density at radius 3 is 2.30 bits per heavy atom. The van der Waals surface area contributed by atoms with Crippen molar-refractivity contribution in [3.63, 3.8) is 0 Å². The summed E-state index contributed by atoms with van der Waals surface area (Å²) >= 11 is 0. The summed E-state index contributed by atoms with van der Waals surface area (Å²) in [5, 5.41) is 9.58. The van der Waals surface area contributed by atoms with E-state index in [2.05, 4.69) is 6.07 Å². The fourth-order valence-electron chi connectivity index (χ4n) is 1.99. The molecule has 110 valence electrons. The molecular formula is C14H19NO4S. The lowest BCUT2D eigenvalue weighted by Gasteiger charge is -2.26. The molecule has 0 bridgehead atoms. The first-order chi connectivity index (χ1) is 9.43. The Morgan fingerprint density at radius 1 is 1.20 bits per heavy atom. The summed E-state index contributed by atoms with van der Waals surface area (Å²) < 4.78 is 31.9. The Labute approximate surface area is 120 Å². The highest BCUT2D eigenvalue weighted by Crippen LogP contribution is 2.31. The van der Waals surface area contributed by atoms with Crippen LogP contribution in [0.25, 0.3) is 0 Å². The van der Waals surface area contributed by atoms with Gasteiger partial charge < -0.3 is 4.74 Å². The fraction of sp³-hybridized carbons (Fsp3) is 0.500. The van der Waals surface area contributed by atoms with Crippen molar-refractivity contribution in [3.05, 3.63) is 35.9 Å². The van der Waals surface area contributed by atoms with Crippen LogP contribution in [0.2, 0.25) is 0 Å². The second kappa shape index (κ2) is 7.39. The van der Waals surface area contributed by atoms with Gasteiger partial charge in [0.1, 0.15) is 0 Å². The van der Waals surface area contributed by atoms with Crippen LogP contribution < -0.4 is 0 Å². The molecule has 0 N–H and O–H groups in total. The number of benzene rings is 1. The normalized spacial score (nSPS) is 14.4. The van der Waals surface area contributed by atoms with Crippen LogP contribution in [0.1, 0.15) is 18.4 Å². The summed E-state index contributed by atoms with van der Waals surface area (Å²) in [4.78, 5) is 0. The zero-order valence-electron chi connectivity index (χ0n) is 11.7. The second-order valence-electron chi connectivity index (χ2n) is 4.58. The highest BCUT2D eigenvalue weighted by Gasteiger charge is 2.32. The Balaban J connectivity index is 2.92. The zero-order valence-corrected chi connectivity index (χ0v) is 12.5. The summed E-state index contributed by atoms with van der Waals surface area (Å²) in [7, 11) is -1.93. The van der Waals surface area contributed by atoms with Crippen LogP contribution in [0.4, 0.5) is 0 Å². The maximum Gasteiger partial charge on any atom is 0.264 e. The molecule has 0 heterocycles. The number of ether oxygens (including phenoxy) is 1. The molecule has 0 aliphatic rings. The Bertz CT molecular complexity index is 550. The minimum Gasteiger partial charge on any atom is -0.385 e. The van der Waals surface area contributed by atoms with Crippen molar-refractivity contribution in [2.24, 2.45) is 0 Å². The summed E-state index contributed by atoms with van der Waals surface area (Å²) in [5.74, 6) is 0. The van der Waals surface area contributed by atoms with Crippen LogP contribution in [0.3, 0.4) is 0 Å². The SMILES string of the molecule is COCCC(C#N)(CCOS(C)(=O)=O)c1ccccc1. The van der Waals surface area contributed by atoms with Gasteiger partial charge in [-0.1, -0.05) is 30.3 Å². The summed E-state index contributed by atoms with van der Waals surface area (Å²) in [6.45, 7) is 0.395. The van der Waals surface area contributed by atoms with E-state index in [-0.39, 0.29) is 6.61 Å². The van der Waals surface area contributed by atoms with Gasteiger partial charge in [-0.25, -0.2) is 0 Å². The van der Waals surface area contributed by atoms with Crippen molar-refractivity contribution in [2.45, 2.75) is 18.3 Å². The lowest BCUT2D eigenvalue weighted by Crippen LogP contribution is -2.28.